The summed E-state index contributed by atoms with van der Waals surface area (Å²) in [6.07, 6.45) is 0.523. The zero-order chi connectivity index (χ0) is 13.0. The maximum atomic E-state index is 12.7. The molecule has 4 nitrogen and oxygen atoms in total. The number of hydrogen-bond donors (Lipinski definition) is 1. The van der Waals surface area contributed by atoms with Crippen molar-refractivity contribution in [3.8, 4) is 0 Å². The van der Waals surface area contributed by atoms with E-state index in [0.717, 1.165) is 5.56 Å². The zero-order valence-corrected chi connectivity index (χ0v) is 10.5. The average molecular weight is 249 g/mol. The van der Waals surface area contributed by atoms with E-state index in [4.69, 9.17) is 4.52 Å². The van der Waals surface area contributed by atoms with Crippen LogP contribution >= 0.6 is 0 Å². The predicted molar refractivity (Wildman–Crippen MR) is 65.5 cm³/mol. The number of hydrogen-bond acceptors (Lipinski definition) is 4. The van der Waals surface area contributed by atoms with Crippen LogP contribution in [0.15, 0.2) is 28.8 Å². The molecular weight excluding hydrogens is 233 g/mol. The lowest BCUT2D eigenvalue weighted by molar-refractivity contribution is 0.376. The van der Waals surface area contributed by atoms with Gasteiger partial charge in [0.1, 0.15) is 5.82 Å². The predicted octanol–water partition coefficient (Wildman–Crippen LogP) is 2.30. The highest BCUT2D eigenvalue weighted by Gasteiger charge is 2.07. The average Bonchev–Trinajstić information content (AvgIpc) is 2.77. The number of benzene rings is 1. The SMILES string of the molecule is CC(C)NCc1noc(Cc2ccc(F)cc2)n1. The van der Waals surface area contributed by atoms with Gasteiger partial charge in [-0.05, 0) is 17.7 Å². The largest absolute Gasteiger partial charge is 0.339 e. The molecule has 1 heterocycles. The number of nitrogens with one attached hydrogen (secondary N) is 1. The van der Waals surface area contributed by atoms with Crippen molar-refractivity contribution >= 4 is 0 Å². The van der Waals surface area contributed by atoms with Crippen LogP contribution in [0.4, 0.5) is 4.39 Å². The first-order valence-corrected chi connectivity index (χ1v) is 5.93. The van der Waals surface area contributed by atoms with Crippen molar-refractivity contribution in [3.63, 3.8) is 0 Å². The van der Waals surface area contributed by atoms with Crippen LogP contribution in [0, 0.1) is 5.82 Å². The van der Waals surface area contributed by atoms with Gasteiger partial charge in [-0.1, -0.05) is 31.1 Å². The van der Waals surface area contributed by atoms with Gasteiger partial charge in [0.25, 0.3) is 0 Å². The van der Waals surface area contributed by atoms with Crippen LogP contribution in [-0.2, 0) is 13.0 Å². The molecule has 18 heavy (non-hydrogen) atoms. The van der Waals surface area contributed by atoms with Crippen molar-refractivity contribution in [1.29, 1.82) is 0 Å². The molecule has 0 unspecified atom stereocenters. The summed E-state index contributed by atoms with van der Waals surface area (Å²) in [5.74, 6) is 0.939. The highest BCUT2D eigenvalue weighted by atomic mass is 19.1. The first kappa shape index (κ1) is 12.7. The molecule has 0 atom stereocenters. The molecule has 1 N–H and O–H groups in total. The molecule has 5 heteroatoms. The van der Waals surface area contributed by atoms with Gasteiger partial charge in [0.2, 0.25) is 5.89 Å². The van der Waals surface area contributed by atoms with Crippen molar-refractivity contribution in [3.05, 3.63) is 47.4 Å². The molecule has 0 aliphatic heterocycles. The van der Waals surface area contributed by atoms with Crippen molar-refractivity contribution in [2.24, 2.45) is 0 Å². The fourth-order valence-electron chi connectivity index (χ4n) is 1.51. The van der Waals surface area contributed by atoms with E-state index >= 15 is 0 Å². The number of aromatic nitrogens is 2. The van der Waals surface area contributed by atoms with Gasteiger partial charge >= 0.3 is 0 Å². The topological polar surface area (TPSA) is 51.0 Å². The Morgan fingerprint density at radius 1 is 1.28 bits per heavy atom. The van der Waals surface area contributed by atoms with Crippen LogP contribution in [0.2, 0.25) is 0 Å². The lowest BCUT2D eigenvalue weighted by Gasteiger charge is -2.03. The maximum Gasteiger partial charge on any atom is 0.231 e. The van der Waals surface area contributed by atoms with Crippen LogP contribution in [0.1, 0.15) is 31.1 Å². The standard InChI is InChI=1S/C13H16FN3O/c1-9(2)15-8-12-16-13(18-17-12)7-10-3-5-11(14)6-4-10/h3-6,9,15H,7-8H2,1-2H3. The summed E-state index contributed by atoms with van der Waals surface area (Å²) >= 11 is 0. The Hall–Kier alpha value is -1.75. The minimum Gasteiger partial charge on any atom is -0.339 e. The van der Waals surface area contributed by atoms with E-state index < -0.39 is 0 Å². The number of nitrogens with zero attached hydrogens (tertiary/aromatic N) is 2. The molecule has 2 aromatic rings. The Bertz CT molecular complexity index is 493. The molecule has 0 radical (unpaired) electrons. The van der Waals surface area contributed by atoms with E-state index in [9.17, 15) is 4.39 Å². The van der Waals surface area contributed by atoms with Crippen LogP contribution in [0.25, 0.3) is 0 Å². The van der Waals surface area contributed by atoms with E-state index in [-0.39, 0.29) is 5.82 Å². The smallest absolute Gasteiger partial charge is 0.231 e. The number of rotatable bonds is 5. The van der Waals surface area contributed by atoms with Gasteiger partial charge in [-0.2, -0.15) is 4.98 Å². The van der Waals surface area contributed by atoms with E-state index in [1.54, 1.807) is 12.1 Å². The van der Waals surface area contributed by atoms with Gasteiger partial charge in [0.15, 0.2) is 5.82 Å². The highest BCUT2D eigenvalue weighted by molar-refractivity contribution is 5.19. The van der Waals surface area contributed by atoms with Gasteiger partial charge in [-0.25, -0.2) is 4.39 Å². The molecule has 0 saturated heterocycles. The molecule has 96 valence electrons. The summed E-state index contributed by atoms with van der Waals surface area (Å²) in [6.45, 7) is 4.70. The third kappa shape index (κ3) is 3.63. The summed E-state index contributed by atoms with van der Waals surface area (Å²) in [7, 11) is 0. The van der Waals surface area contributed by atoms with Crippen molar-refractivity contribution in [2.75, 3.05) is 0 Å². The quantitative estimate of drug-likeness (QED) is 0.883. The normalized spacial score (nSPS) is 11.1. The van der Waals surface area contributed by atoms with Gasteiger partial charge in [0.05, 0.1) is 13.0 Å². The van der Waals surface area contributed by atoms with Crippen molar-refractivity contribution in [2.45, 2.75) is 32.9 Å². The number of halogens is 1. The van der Waals surface area contributed by atoms with E-state index in [1.807, 2.05) is 0 Å². The van der Waals surface area contributed by atoms with Gasteiger partial charge in [-0.15, -0.1) is 0 Å². The molecular formula is C13H16FN3O. The van der Waals surface area contributed by atoms with E-state index in [1.165, 1.54) is 12.1 Å². The molecule has 0 bridgehead atoms. The monoisotopic (exact) mass is 249 g/mol. The Morgan fingerprint density at radius 3 is 2.67 bits per heavy atom. The lowest BCUT2D eigenvalue weighted by atomic mass is 10.1. The second kappa shape index (κ2) is 5.73. The summed E-state index contributed by atoms with van der Waals surface area (Å²) in [6, 6.07) is 6.65. The molecule has 2 rings (SSSR count). The Kier molecular flexibility index (Phi) is 4.04. The van der Waals surface area contributed by atoms with E-state index in [2.05, 4.69) is 29.3 Å². The highest BCUT2D eigenvalue weighted by Crippen LogP contribution is 2.09. The maximum absolute atomic E-state index is 12.7. The first-order valence-electron chi connectivity index (χ1n) is 5.93. The summed E-state index contributed by atoms with van der Waals surface area (Å²) in [5, 5.41) is 7.09. The molecule has 0 saturated carbocycles. The zero-order valence-electron chi connectivity index (χ0n) is 10.5. The fourth-order valence-corrected chi connectivity index (χ4v) is 1.51. The molecule has 0 aliphatic rings. The molecule has 0 fully saturated rings. The third-order valence-electron chi connectivity index (χ3n) is 2.45. The molecule has 0 spiro atoms. The summed E-state index contributed by atoms with van der Waals surface area (Å²) in [5.41, 5.74) is 0.948. The minimum absolute atomic E-state index is 0.244. The molecule has 1 aromatic heterocycles. The Labute approximate surface area is 105 Å². The van der Waals surface area contributed by atoms with Crippen LogP contribution in [0.3, 0.4) is 0 Å². The van der Waals surface area contributed by atoms with Gasteiger partial charge in [-0.3, -0.25) is 0 Å². The Balaban J connectivity index is 1.95. The molecule has 1 aromatic carbocycles. The Morgan fingerprint density at radius 2 is 2.00 bits per heavy atom. The lowest BCUT2D eigenvalue weighted by Crippen LogP contribution is -2.22. The van der Waals surface area contributed by atoms with Gasteiger partial charge in [0, 0.05) is 6.04 Å². The molecule has 0 amide bonds. The molecule has 0 aliphatic carbocycles. The van der Waals surface area contributed by atoms with Gasteiger partial charge < -0.3 is 9.84 Å². The summed E-state index contributed by atoms with van der Waals surface area (Å²) < 4.78 is 17.9. The van der Waals surface area contributed by atoms with Crippen LogP contribution in [-0.4, -0.2) is 16.2 Å². The van der Waals surface area contributed by atoms with E-state index in [0.29, 0.717) is 30.7 Å². The second-order valence-corrected chi connectivity index (χ2v) is 4.44. The van der Waals surface area contributed by atoms with Crippen LogP contribution < -0.4 is 5.32 Å². The van der Waals surface area contributed by atoms with Crippen LogP contribution in [0.5, 0.6) is 0 Å². The second-order valence-electron chi connectivity index (χ2n) is 4.44. The fraction of sp³-hybridized carbons (Fsp3) is 0.385. The van der Waals surface area contributed by atoms with Crippen molar-refractivity contribution < 1.29 is 8.91 Å². The van der Waals surface area contributed by atoms with Crippen molar-refractivity contribution in [1.82, 2.24) is 15.5 Å². The minimum atomic E-state index is -0.244. The first-order chi connectivity index (χ1) is 8.63. The third-order valence-corrected chi connectivity index (χ3v) is 2.45. The summed E-state index contributed by atoms with van der Waals surface area (Å²) in [4.78, 5) is 4.27.